The molecule has 34 heavy (non-hydrogen) atoms. The first-order valence-electron chi connectivity index (χ1n) is 10.0. The maximum atomic E-state index is 14.9. The number of nitrogens with two attached hydrogens (primary N) is 1. The molecule has 2 N–H and O–H groups in total. The summed E-state index contributed by atoms with van der Waals surface area (Å²) in [5, 5.41) is 0. The maximum absolute atomic E-state index is 14.9. The van der Waals surface area contributed by atoms with E-state index in [2.05, 4.69) is 9.97 Å². The van der Waals surface area contributed by atoms with Crippen LogP contribution in [0.15, 0.2) is 88.9 Å². The number of benzene rings is 3. The van der Waals surface area contributed by atoms with Crippen LogP contribution in [0, 0.1) is 5.82 Å². The van der Waals surface area contributed by atoms with E-state index >= 15 is 0 Å². The molecule has 0 unspecified atom stereocenters. The summed E-state index contributed by atoms with van der Waals surface area (Å²) in [5.74, 6) is -0.707. The molecule has 0 aliphatic carbocycles. The zero-order chi connectivity index (χ0) is 24.5. The highest BCUT2D eigenvalue weighted by Gasteiger charge is 2.21. The smallest absolute Gasteiger partial charge is 0.183 e. The molecule has 3 aromatic carbocycles. The number of hydrogen-bond acceptors (Lipinski definition) is 7. The molecule has 1 aromatic heterocycles. The lowest BCUT2D eigenvalue weighted by molar-refractivity contribution is 0.595. The van der Waals surface area contributed by atoms with Crippen LogP contribution in [-0.4, -0.2) is 33.1 Å². The Balaban J connectivity index is 1.69. The Morgan fingerprint density at radius 1 is 0.853 bits per heavy atom. The first-order valence-corrected chi connectivity index (χ1v) is 13.6. The van der Waals surface area contributed by atoms with Gasteiger partial charge in [0.25, 0.3) is 0 Å². The monoisotopic (exact) mass is 497 g/mol. The van der Waals surface area contributed by atoms with Crippen molar-refractivity contribution in [3.05, 3.63) is 90.5 Å². The molecule has 0 saturated carbocycles. The Hall–Kier alpha value is -3.63. The first-order chi connectivity index (χ1) is 16.0. The van der Waals surface area contributed by atoms with Gasteiger partial charge in [-0.2, -0.15) is 0 Å². The van der Waals surface area contributed by atoms with Gasteiger partial charge in [0.05, 0.1) is 33.6 Å². The maximum Gasteiger partial charge on any atom is 0.183 e. The molecule has 10 heteroatoms. The first kappa shape index (κ1) is 23.5. The SMILES string of the molecule is CS(=O)(=O)c1ccc(CS(=O)(=O)c2ccccc2-c2ccc(-c3cnc(N)cn3)c(F)c2)cc1. The zero-order valence-electron chi connectivity index (χ0n) is 18.0. The van der Waals surface area contributed by atoms with E-state index in [1.165, 1.54) is 54.9 Å². The molecular weight excluding hydrogens is 477 g/mol. The molecule has 174 valence electrons. The van der Waals surface area contributed by atoms with E-state index in [1.54, 1.807) is 24.3 Å². The summed E-state index contributed by atoms with van der Waals surface area (Å²) in [6.07, 6.45) is 3.77. The Kier molecular flexibility index (Phi) is 6.20. The fourth-order valence-corrected chi connectivity index (χ4v) is 5.70. The standard InChI is InChI=1S/C24H20FN3O4S2/c1-33(29,30)18-9-6-16(7-10-18)15-34(31,32)23-5-3-2-4-19(23)17-8-11-20(21(25)12-17)22-13-28-24(26)14-27-22/h2-14H,15H2,1H3,(H2,26,28). The molecule has 0 saturated heterocycles. The average Bonchev–Trinajstić information content (AvgIpc) is 2.79. The molecule has 4 rings (SSSR count). The van der Waals surface area contributed by atoms with Gasteiger partial charge >= 0.3 is 0 Å². The fraction of sp³-hybridized carbons (Fsp3) is 0.0833. The molecule has 4 aromatic rings. The van der Waals surface area contributed by atoms with Gasteiger partial charge in [-0.1, -0.05) is 36.4 Å². The van der Waals surface area contributed by atoms with Crippen molar-refractivity contribution < 1.29 is 21.2 Å². The third-order valence-electron chi connectivity index (χ3n) is 5.16. The van der Waals surface area contributed by atoms with Gasteiger partial charge in [0.15, 0.2) is 19.7 Å². The van der Waals surface area contributed by atoms with E-state index in [1.807, 2.05) is 0 Å². The van der Waals surface area contributed by atoms with Crippen LogP contribution in [0.25, 0.3) is 22.4 Å². The van der Waals surface area contributed by atoms with E-state index in [4.69, 9.17) is 5.73 Å². The van der Waals surface area contributed by atoms with Gasteiger partial charge in [0.2, 0.25) is 0 Å². The van der Waals surface area contributed by atoms with Crippen LogP contribution in [0.3, 0.4) is 0 Å². The summed E-state index contributed by atoms with van der Waals surface area (Å²) in [6, 6.07) is 16.4. The van der Waals surface area contributed by atoms with Gasteiger partial charge in [0, 0.05) is 17.4 Å². The molecule has 0 fully saturated rings. The predicted octanol–water partition coefficient (Wildman–Crippen LogP) is 3.91. The summed E-state index contributed by atoms with van der Waals surface area (Å²) in [5.41, 5.74) is 7.22. The highest BCUT2D eigenvalue weighted by Crippen LogP contribution is 2.32. The molecule has 0 aliphatic rings. The van der Waals surface area contributed by atoms with E-state index in [-0.39, 0.29) is 26.9 Å². The number of rotatable bonds is 6. The molecular formula is C24H20FN3O4S2. The van der Waals surface area contributed by atoms with E-state index < -0.39 is 25.5 Å². The molecule has 0 radical (unpaired) electrons. The summed E-state index contributed by atoms with van der Waals surface area (Å²) >= 11 is 0. The van der Waals surface area contributed by atoms with Gasteiger partial charge in [0.1, 0.15) is 11.6 Å². The molecule has 0 spiro atoms. The van der Waals surface area contributed by atoms with Crippen molar-refractivity contribution in [1.82, 2.24) is 9.97 Å². The largest absolute Gasteiger partial charge is 0.382 e. The lowest BCUT2D eigenvalue weighted by Crippen LogP contribution is -2.07. The Labute approximate surface area is 197 Å². The molecule has 0 aliphatic heterocycles. The topological polar surface area (TPSA) is 120 Å². The van der Waals surface area contributed by atoms with Crippen molar-refractivity contribution >= 4 is 25.5 Å². The minimum atomic E-state index is -3.83. The van der Waals surface area contributed by atoms with Crippen molar-refractivity contribution in [2.45, 2.75) is 15.5 Å². The van der Waals surface area contributed by atoms with Gasteiger partial charge in [-0.25, -0.2) is 26.2 Å². The van der Waals surface area contributed by atoms with Gasteiger partial charge in [-0.05, 0) is 41.5 Å². The van der Waals surface area contributed by atoms with Crippen LogP contribution >= 0.6 is 0 Å². The third kappa shape index (κ3) is 4.97. The molecule has 0 bridgehead atoms. The molecule has 7 nitrogen and oxygen atoms in total. The van der Waals surface area contributed by atoms with Crippen molar-refractivity contribution in [2.75, 3.05) is 12.0 Å². The fourth-order valence-electron chi connectivity index (χ4n) is 3.47. The van der Waals surface area contributed by atoms with Crippen LogP contribution in [0.1, 0.15) is 5.56 Å². The van der Waals surface area contributed by atoms with Gasteiger partial charge in [-0.3, -0.25) is 4.98 Å². The number of nitrogens with zero attached hydrogens (tertiary/aromatic N) is 2. The van der Waals surface area contributed by atoms with Crippen LogP contribution in [0.5, 0.6) is 0 Å². The van der Waals surface area contributed by atoms with Gasteiger partial charge < -0.3 is 5.73 Å². The molecule has 0 atom stereocenters. The number of sulfone groups is 2. The molecule has 0 amide bonds. The number of anilines is 1. The second-order valence-corrected chi connectivity index (χ2v) is 11.7. The summed E-state index contributed by atoms with van der Waals surface area (Å²) in [7, 11) is -7.22. The number of aromatic nitrogens is 2. The van der Waals surface area contributed by atoms with Crippen LogP contribution in [0.4, 0.5) is 10.2 Å². The average molecular weight is 498 g/mol. The highest BCUT2D eigenvalue weighted by atomic mass is 32.2. The van der Waals surface area contributed by atoms with E-state index in [0.717, 1.165) is 6.26 Å². The Morgan fingerprint density at radius 3 is 2.18 bits per heavy atom. The normalized spacial score (nSPS) is 11.9. The third-order valence-corrected chi connectivity index (χ3v) is 8.03. The summed E-state index contributed by atoms with van der Waals surface area (Å²) in [4.78, 5) is 8.14. The quantitative estimate of drug-likeness (QED) is 0.429. The minimum absolute atomic E-state index is 0.0432. The van der Waals surface area contributed by atoms with Crippen molar-refractivity contribution in [3.63, 3.8) is 0 Å². The Bertz CT molecular complexity index is 1570. The second-order valence-electron chi connectivity index (χ2n) is 7.69. The van der Waals surface area contributed by atoms with E-state index in [0.29, 0.717) is 22.4 Å². The zero-order valence-corrected chi connectivity index (χ0v) is 19.6. The van der Waals surface area contributed by atoms with Crippen molar-refractivity contribution in [3.8, 4) is 22.4 Å². The minimum Gasteiger partial charge on any atom is -0.382 e. The van der Waals surface area contributed by atoms with Gasteiger partial charge in [-0.15, -0.1) is 0 Å². The lowest BCUT2D eigenvalue weighted by Gasteiger charge is -2.12. The second kappa shape index (κ2) is 8.96. The summed E-state index contributed by atoms with van der Waals surface area (Å²) in [6.45, 7) is 0. The number of halogens is 1. The Morgan fingerprint density at radius 2 is 1.56 bits per heavy atom. The van der Waals surface area contributed by atoms with Crippen molar-refractivity contribution in [1.29, 1.82) is 0 Å². The number of nitrogen functional groups attached to an aromatic ring is 1. The highest BCUT2D eigenvalue weighted by molar-refractivity contribution is 7.91. The predicted molar refractivity (Wildman–Crippen MR) is 128 cm³/mol. The van der Waals surface area contributed by atoms with E-state index in [9.17, 15) is 21.2 Å². The van der Waals surface area contributed by atoms with Crippen molar-refractivity contribution in [2.24, 2.45) is 0 Å². The van der Waals surface area contributed by atoms with Crippen LogP contribution < -0.4 is 5.73 Å². The summed E-state index contributed by atoms with van der Waals surface area (Å²) < 4.78 is 64.7. The molecule has 1 heterocycles. The number of hydrogen-bond donors (Lipinski definition) is 1. The van der Waals surface area contributed by atoms with Crippen LogP contribution in [0.2, 0.25) is 0 Å². The van der Waals surface area contributed by atoms with Crippen LogP contribution in [-0.2, 0) is 25.4 Å². The lowest BCUT2D eigenvalue weighted by atomic mass is 10.0.